The van der Waals surface area contributed by atoms with Gasteiger partial charge >= 0.3 is 11.9 Å². The van der Waals surface area contributed by atoms with E-state index in [1.165, 1.54) is 38.5 Å². The van der Waals surface area contributed by atoms with Gasteiger partial charge in [-0.2, -0.15) is 0 Å². The van der Waals surface area contributed by atoms with Gasteiger partial charge in [-0.15, -0.1) is 0 Å². The minimum Gasteiger partial charge on any atom is -0.494 e. The van der Waals surface area contributed by atoms with E-state index < -0.39 is 23.9 Å². The zero-order valence-corrected chi connectivity index (χ0v) is 27.8. The van der Waals surface area contributed by atoms with E-state index in [2.05, 4.69) is 17.6 Å². The van der Waals surface area contributed by atoms with Crippen LogP contribution >= 0.6 is 0 Å². The van der Waals surface area contributed by atoms with E-state index >= 15 is 0 Å². The van der Waals surface area contributed by atoms with Crippen LogP contribution in [0.4, 0.5) is 5.69 Å². The van der Waals surface area contributed by atoms with E-state index in [-0.39, 0.29) is 35.3 Å². The van der Waals surface area contributed by atoms with Gasteiger partial charge in [0.25, 0.3) is 5.91 Å². The molecule has 1 unspecified atom stereocenters. The standard InChI is InChI=1S/C38H46N2O8/c1-3-4-5-6-10-22-47-31-19-17-28(18-20-31)38(45)48-33-21-16-26(24-34(33)46-2)23-32(37(43)44)40-36(42)29-14-11-15-30(25-29)39-35(41)27-12-8-7-9-13-27/h11,14-21,24-25,27,32H,3-10,12-13,22-23H2,1-2H3,(H,39,41)(H,40,42)(H,43,44). The maximum Gasteiger partial charge on any atom is 0.343 e. The second kappa shape index (κ2) is 18.5. The van der Waals surface area contributed by atoms with Gasteiger partial charge in [-0.25, -0.2) is 9.59 Å². The minimum atomic E-state index is -1.26. The number of benzene rings is 3. The third-order valence-electron chi connectivity index (χ3n) is 8.45. The highest BCUT2D eigenvalue weighted by molar-refractivity contribution is 5.99. The quantitative estimate of drug-likeness (QED) is 0.0786. The lowest BCUT2D eigenvalue weighted by molar-refractivity contribution is -0.139. The first-order chi connectivity index (χ1) is 23.3. The van der Waals surface area contributed by atoms with E-state index in [1.54, 1.807) is 54.6 Å². The minimum absolute atomic E-state index is 0.0410. The van der Waals surface area contributed by atoms with E-state index in [9.17, 15) is 24.3 Å². The molecule has 1 aliphatic rings. The van der Waals surface area contributed by atoms with Gasteiger partial charge in [-0.3, -0.25) is 9.59 Å². The first-order valence-corrected chi connectivity index (χ1v) is 16.8. The average molecular weight is 659 g/mol. The molecule has 1 fully saturated rings. The SMILES string of the molecule is CCCCCCCOc1ccc(C(=O)Oc2ccc(CC(NC(=O)c3cccc(NC(=O)C4CCCCC4)c3)C(=O)O)cc2OC)cc1. The van der Waals surface area contributed by atoms with E-state index in [4.69, 9.17) is 14.2 Å². The lowest BCUT2D eigenvalue weighted by Gasteiger charge is -2.21. The molecule has 3 aromatic rings. The van der Waals surface area contributed by atoms with Crippen molar-refractivity contribution in [3.8, 4) is 17.2 Å². The number of nitrogens with one attached hydrogen (secondary N) is 2. The molecule has 1 aliphatic carbocycles. The smallest absolute Gasteiger partial charge is 0.343 e. The lowest BCUT2D eigenvalue weighted by Crippen LogP contribution is -2.42. The number of carbonyl (C=O) groups is 4. The highest BCUT2D eigenvalue weighted by Gasteiger charge is 2.24. The Balaban J connectivity index is 1.33. The van der Waals surface area contributed by atoms with Crippen LogP contribution in [0.5, 0.6) is 17.2 Å². The van der Waals surface area contributed by atoms with E-state index in [0.29, 0.717) is 29.2 Å². The Morgan fingerprint density at radius 2 is 1.60 bits per heavy atom. The third kappa shape index (κ3) is 10.9. The number of methoxy groups -OCH3 is 1. The van der Waals surface area contributed by atoms with Gasteiger partial charge in [0, 0.05) is 23.6 Å². The van der Waals surface area contributed by atoms with Crippen LogP contribution in [0.25, 0.3) is 0 Å². The summed E-state index contributed by atoms with van der Waals surface area (Å²) in [6.45, 7) is 2.80. The molecule has 0 radical (unpaired) electrons. The molecule has 0 spiro atoms. The summed E-state index contributed by atoms with van der Waals surface area (Å²) in [6, 6.07) is 16.6. The lowest BCUT2D eigenvalue weighted by atomic mass is 9.88. The Labute approximate surface area is 282 Å². The van der Waals surface area contributed by atoms with Crippen LogP contribution in [-0.4, -0.2) is 48.6 Å². The van der Waals surface area contributed by atoms with Gasteiger partial charge in [0.2, 0.25) is 5.91 Å². The molecular weight excluding hydrogens is 612 g/mol. The summed E-state index contributed by atoms with van der Waals surface area (Å²) in [5, 5.41) is 15.4. The summed E-state index contributed by atoms with van der Waals surface area (Å²) in [6.07, 6.45) is 10.6. The predicted octanol–water partition coefficient (Wildman–Crippen LogP) is 7.21. The summed E-state index contributed by atoms with van der Waals surface area (Å²) in [7, 11) is 1.42. The van der Waals surface area contributed by atoms with Crippen LogP contribution in [0, 0.1) is 5.92 Å². The molecular formula is C38H46N2O8. The molecule has 0 aliphatic heterocycles. The average Bonchev–Trinajstić information content (AvgIpc) is 3.10. The largest absolute Gasteiger partial charge is 0.494 e. The zero-order valence-electron chi connectivity index (χ0n) is 27.8. The Bertz CT molecular complexity index is 1530. The van der Waals surface area contributed by atoms with Gasteiger partial charge in [0.1, 0.15) is 11.8 Å². The molecule has 1 atom stereocenters. The van der Waals surface area contributed by atoms with Crippen molar-refractivity contribution in [1.29, 1.82) is 0 Å². The monoisotopic (exact) mass is 658 g/mol. The summed E-state index contributed by atoms with van der Waals surface area (Å²) in [5.41, 5.74) is 1.59. The fourth-order valence-electron chi connectivity index (χ4n) is 5.69. The molecule has 0 aromatic heterocycles. The Morgan fingerprint density at radius 3 is 2.31 bits per heavy atom. The maximum atomic E-state index is 13.1. The molecule has 3 aromatic carbocycles. The first kappa shape index (κ1) is 36.0. The number of hydrogen-bond donors (Lipinski definition) is 3. The molecule has 0 saturated heterocycles. The van der Waals surface area contributed by atoms with Crippen LogP contribution in [0.15, 0.2) is 66.7 Å². The summed E-state index contributed by atoms with van der Waals surface area (Å²) in [4.78, 5) is 50.7. The highest BCUT2D eigenvalue weighted by Crippen LogP contribution is 2.30. The molecule has 10 nitrogen and oxygen atoms in total. The number of unbranched alkanes of at least 4 members (excludes halogenated alkanes) is 4. The summed E-state index contributed by atoms with van der Waals surface area (Å²) < 4.78 is 16.8. The van der Waals surface area contributed by atoms with Gasteiger partial charge in [-0.1, -0.05) is 64.0 Å². The van der Waals surface area contributed by atoms with Crippen molar-refractivity contribution in [2.75, 3.05) is 19.0 Å². The predicted molar refractivity (Wildman–Crippen MR) is 183 cm³/mol. The zero-order chi connectivity index (χ0) is 34.3. The van der Waals surface area contributed by atoms with Gasteiger partial charge < -0.3 is 30.0 Å². The van der Waals surface area contributed by atoms with Crippen LogP contribution in [0.2, 0.25) is 0 Å². The normalized spacial score (nSPS) is 13.6. The van der Waals surface area contributed by atoms with Gasteiger partial charge in [0.15, 0.2) is 11.5 Å². The molecule has 1 saturated carbocycles. The van der Waals surface area contributed by atoms with Crippen molar-refractivity contribution in [3.63, 3.8) is 0 Å². The van der Waals surface area contributed by atoms with Crippen LogP contribution < -0.4 is 24.8 Å². The van der Waals surface area contributed by atoms with Gasteiger partial charge in [-0.05, 0) is 79.4 Å². The fourth-order valence-corrected chi connectivity index (χ4v) is 5.69. The van der Waals surface area contributed by atoms with Crippen molar-refractivity contribution in [2.24, 2.45) is 5.92 Å². The van der Waals surface area contributed by atoms with Crippen molar-refractivity contribution in [1.82, 2.24) is 5.32 Å². The number of amides is 2. The third-order valence-corrected chi connectivity index (χ3v) is 8.45. The Morgan fingerprint density at radius 1 is 0.854 bits per heavy atom. The number of hydrogen-bond acceptors (Lipinski definition) is 7. The van der Waals surface area contributed by atoms with E-state index in [1.807, 2.05) is 0 Å². The molecule has 10 heteroatoms. The van der Waals surface area contributed by atoms with Crippen molar-refractivity contribution < 1.29 is 38.5 Å². The number of rotatable bonds is 17. The van der Waals surface area contributed by atoms with Crippen molar-refractivity contribution in [2.45, 2.75) is 83.6 Å². The second-order valence-corrected chi connectivity index (χ2v) is 12.1. The molecule has 0 bridgehead atoms. The number of carboxylic acids is 1. The fraction of sp³-hybridized carbons (Fsp3) is 0.421. The number of carbonyl (C=O) groups excluding carboxylic acids is 3. The molecule has 256 valence electrons. The Kier molecular flexibility index (Phi) is 13.8. The topological polar surface area (TPSA) is 140 Å². The number of aliphatic carboxylic acids is 1. The van der Waals surface area contributed by atoms with E-state index in [0.717, 1.165) is 44.9 Å². The van der Waals surface area contributed by atoms with Crippen LogP contribution in [-0.2, 0) is 16.0 Å². The summed E-state index contributed by atoms with van der Waals surface area (Å²) in [5.74, 6) is -1.41. The van der Waals surface area contributed by atoms with Crippen LogP contribution in [0.1, 0.15) is 97.4 Å². The molecule has 2 amide bonds. The van der Waals surface area contributed by atoms with Crippen LogP contribution in [0.3, 0.4) is 0 Å². The maximum absolute atomic E-state index is 13.1. The number of ether oxygens (including phenoxy) is 3. The molecule has 3 N–H and O–H groups in total. The number of anilines is 1. The number of esters is 1. The van der Waals surface area contributed by atoms with Crippen molar-refractivity contribution >= 4 is 29.4 Å². The number of carboxylic acid groups (broad SMARTS) is 1. The Hall–Kier alpha value is -4.86. The summed E-state index contributed by atoms with van der Waals surface area (Å²) >= 11 is 0. The van der Waals surface area contributed by atoms with Gasteiger partial charge in [0.05, 0.1) is 19.3 Å². The molecule has 0 heterocycles. The first-order valence-electron chi connectivity index (χ1n) is 16.8. The van der Waals surface area contributed by atoms with Crippen molar-refractivity contribution in [3.05, 3.63) is 83.4 Å². The second-order valence-electron chi connectivity index (χ2n) is 12.1. The molecule has 48 heavy (non-hydrogen) atoms. The highest BCUT2D eigenvalue weighted by atomic mass is 16.6. The molecule has 4 rings (SSSR count).